The lowest BCUT2D eigenvalue weighted by Gasteiger charge is -2.24. The predicted octanol–water partition coefficient (Wildman–Crippen LogP) is 8.96. The third-order valence-corrected chi connectivity index (χ3v) is 7.25. The lowest BCUT2D eigenvalue weighted by Crippen LogP contribution is -2.24. The summed E-state index contributed by atoms with van der Waals surface area (Å²) in [6.45, 7) is 17.1. The topological polar surface area (TPSA) is 78.9 Å². The summed E-state index contributed by atoms with van der Waals surface area (Å²) >= 11 is 2.94. The van der Waals surface area contributed by atoms with Gasteiger partial charge in [0, 0.05) is 0 Å². The van der Waals surface area contributed by atoms with E-state index in [2.05, 4.69) is 15.9 Å². The number of esters is 3. The maximum Gasteiger partial charge on any atom is 0.347 e. The average molecular weight is 624 g/mol. The Balaban J connectivity index is 0.00000226. The summed E-state index contributed by atoms with van der Waals surface area (Å²) in [6, 6.07) is 11.0. The molecule has 0 atom stereocenters. The normalized spacial score (nSPS) is 13.2. The Kier molecular flexibility index (Phi) is 10.2. The molecular formula is C34H39BrO6. The van der Waals surface area contributed by atoms with Crippen LogP contribution in [0.3, 0.4) is 0 Å². The Morgan fingerprint density at radius 2 is 0.683 bits per heavy atom. The molecule has 3 aromatic carbocycles. The van der Waals surface area contributed by atoms with Gasteiger partial charge in [0.15, 0.2) is 0 Å². The summed E-state index contributed by atoms with van der Waals surface area (Å²) < 4.78 is 18.1. The summed E-state index contributed by atoms with van der Waals surface area (Å²) in [5.41, 5.74) is 4.35. The number of halogens is 1. The van der Waals surface area contributed by atoms with E-state index in [0.29, 0.717) is 33.4 Å². The maximum atomic E-state index is 13.9. The van der Waals surface area contributed by atoms with Crippen molar-refractivity contribution < 1.29 is 28.6 Å². The van der Waals surface area contributed by atoms with Crippen molar-refractivity contribution in [2.24, 2.45) is 0 Å². The highest BCUT2D eigenvalue weighted by Crippen LogP contribution is 2.41. The third kappa shape index (κ3) is 6.25. The Morgan fingerprint density at radius 3 is 0.878 bits per heavy atom. The minimum absolute atomic E-state index is 0.0472. The van der Waals surface area contributed by atoms with Crippen LogP contribution in [0.4, 0.5) is 0 Å². The molecule has 218 valence electrons. The molecule has 6 nitrogen and oxygen atoms in total. The summed E-state index contributed by atoms with van der Waals surface area (Å²) in [5, 5.41) is 0. The van der Waals surface area contributed by atoms with Gasteiger partial charge >= 0.3 is 17.9 Å². The molecule has 0 aliphatic carbocycles. The second-order valence-electron chi connectivity index (χ2n) is 11.2. The van der Waals surface area contributed by atoms with Gasteiger partial charge in [0.2, 0.25) is 0 Å². The van der Waals surface area contributed by atoms with Gasteiger partial charge in [-0.3, -0.25) is 0 Å². The van der Waals surface area contributed by atoms with Gasteiger partial charge < -0.3 is 14.2 Å². The van der Waals surface area contributed by atoms with Crippen LogP contribution in [0.1, 0.15) is 124 Å². The van der Waals surface area contributed by atoms with Crippen LogP contribution in [-0.2, 0) is 0 Å². The van der Waals surface area contributed by atoms with Crippen molar-refractivity contribution in [3.8, 4) is 17.2 Å². The summed E-state index contributed by atoms with van der Waals surface area (Å²) in [6.07, 6.45) is 0. The monoisotopic (exact) mass is 622 g/mol. The molecular weight excluding hydrogens is 584 g/mol. The highest BCUT2D eigenvalue weighted by Gasteiger charge is 2.33. The van der Waals surface area contributed by atoms with Crippen molar-refractivity contribution in [2.75, 3.05) is 5.83 Å². The minimum atomic E-state index is -0.701. The summed E-state index contributed by atoms with van der Waals surface area (Å²) in [7, 11) is 0. The van der Waals surface area contributed by atoms with Crippen LogP contribution in [0.25, 0.3) is 0 Å². The van der Waals surface area contributed by atoms with E-state index in [4.69, 9.17) is 14.2 Å². The molecule has 1 aliphatic heterocycles. The van der Waals surface area contributed by atoms with Crippen LogP contribution in [0, 0.1) is 20.8 Å². The fourth-order valence-corrected chi connectivity index (χ4v) is 4.98. The molecule has 0 bridgehead atoms. The smallest absolute Gasteiger partial charge is 0.347 e. The molecule has 4 rings (SSSR count). The van der Waals surface area contributed by atoms with Gasteiger partial charge in [0.05, 0.1) is 0 Å². The van der Waals surface area contributed by atoms with Crippen molar-refractivity contribution in [3.63, 3.8) is 0 Å². The van der Waals surface area contributed by atoms with Gasteiger partial charge in [-0.25, -0.2) is 14.4 Å². The lowest BCUT2D eigenvalue weighted by molar-refractivity contribution is 0.0673. The Hall–Kier alpha value is -3.45. The van der Waals surface area contributed by atoms with Gasteiger partial charge in [0.1, 0.15) is 33.9 Å². The lowest BCUT2D eigenvalue weighted by atomic mass is 9.93. The molecule has 0 fully saturated rings. The van der Waals surface area contributed by atoms with E-state index in [0.717, 1.165) is 0 Å². The van der Waals surface area contributed by atoms with E-state index in [1.54, 1.807) is 20.8 Å². The number of hydrogen-bond donors (Lipinski definition) is 0. The number of alkyl halides is 1. The molecule has 0 radical (unpaired) electrons. The zero-order valence-corrected chi connectivity index (χ0v) is 27.1. The van der Waals surface area contributed by atoms with Crippen molar-refractivity contribution in [1.82, 2.24) is 0 Å². The number of aryl methyl sites for hydroxylation is 3. The number of carbonyl (C=O) groups excluding carboxylic acids is 3. The van der Waals surface area contributed by atoms with Crippen molar-refractivity contribution in [1.29, 1.82) is 0 Å². The molecule has 0 amide bonds. The number of hydrogen-bond acceptors (Lipinski definition) is 6. The minimum Gasteiger partial charge on any atom is -0.422 e. The first kappa shape index (κ1) is 32.1. The molecule has 1 aliphatic rings. The van der Waals surface area contributed by atoms with E-state index in [1.165, 1.54) is 0 Å². The second-order valence-corrected chi connectivity index (χ2v) is 11.2. The van der Waals surface area contributed by atoms with Crippen LogP contribution < -0.4 is 14.2 Å². The Morgan fingerprint density at radius 1 is 0.463 bits per heavy atom. The number of fused-ring (bicyclic) bond motifs is 3. The zero-order valence-electron chi connectivity index (χ0n) is 25.5. The molecule has 0 N–H and O–H groups in total. The Bertz CT molecular complexity index is 1320. The highest BCUT2D eigenvalue weighted by molar-refractivity contribution is 9.08. The summed E-state index contributed by atoms with van der Waals surface area (Å²) in [4.78, 5) is 41.6. The zero-order chi connectivity index (χ0) is 30.8. The standard InChI is InChI=1S/C33H36O6.CH3Br/c1-16(2)22-13-10-19(7)25-28(22)37-32(35)26-20(8)11-14-23(17(3)4)29(26)39-33(36)27-21(9)12-15-24(18(5)6)30(27)38-31(25)34;1-2/h10-18H,1-9H3;1H3. The molecule has 3 aromatic rings. The first-order chi connectivity index (χ1) is 19.3. The van der Waals surface area contributed by atoms with Crippen LogP contribution in [0.15, 0.2) is 36.4 Å². The van der Waals surface area contributed by atoms with Crippen molar-refractivity contribution in [2.45, 2.75) is 80.1 Å². The summed E-state index contributed by atoms with van der Waals surface area (Å²) in [5.74, 6) is 0.0467. The predicted molar refractivity (Wildman–Crippen MR) is 166 cm³/mol. The van der Waals surface area contributed by atoms with Crippen LogP contribution >= 0.6 is 15.9 Å². The van der Waals surface area contributed by atoms with E-state index in [-0.39, 0.29) is 51.7 Å². The number of benzene rings is 3. The van der Waals surface area contributed by atoms with E-state index < -0.39 is 17.9 Å². The van der Waals surface area contributed by atoms with Gasteiger partial charge in [-0.2, -0.15) is 0 Å². The van der Waals surface area contributed by atoms with Crippen molar-refractivity contribution in [3.05, 3.63) is 86.5 Å². The molecule has 1 heterocycles. The highest BCUT2D eigenvalue weighted by atomic mass is 79.9. The first-order valence-corrected chi connectivity index (χ1v) is 15.4. The SMILES string of the molecule is CBr.Cc1ccc(C(C)C)c2c1C(=O)Oc1c(C(C)C)ccc(C)c1C(=O)Oc1c(C(C)C)ccc(C)c1C(=O)O2. The van der Waals surface area contributed by atoms with Crippen LogP contribution in [-0.4, -0.2) is 23.7 Å². The maximum absolute atomic E-state index is 13.9. The fourth-order valence-electron chi connectivity index (χ4n) is 4.98. The number of rotatable bonds is 3. The molecule has 41 heavy (non-hydrogen) atoms. The first-order valence-electron chi connectivity index (χ1n) is 13.8. The molecule has 7 heteroatoms. The third-order valence-electron chi connectivity index (χ3n) is 7.25. The number of ether oxygens (including phenoxy) is 3. The largest absolute Gasteiger partial charge is 0.422 e. The van der Waals surface area contributed by atoms with E-state index in [1.807, 2.05) is 83.8 Å². The van der Waals surface area contributed by atoms with Gasteiger partial charge in [-0.1, -0.05) is 93.9 Å². The number of carbonyl (C=O) groups is 3. The molecule has 0 saturated heterocycles. The van der Waals surface area contributed by atoms with E-state index in [9.17, 15) is 14.4 Å². The quantitative estimate of drug-likeness (QED) is 0.165. The Labute approximate surface area is 251 Å². The van der Waals surface area contributed by atoms with Gasteiger partial charge in [0.25, 0.3) is 0 Å². The van der Waals surface area contributed by atoms with Crippen molar-refractivity contribution >= 4 is 33.8 Å². The molecule has 0 saturated carbocycles. The molecule has 0 aromatic heterocycles. The fraction of sp³-hybridized carbons (Fsp3) is 0.382. The van der Waals surface area contributed by atoms with E-state index >= 15 is 0 Å². The molecule has 0 unspecified atom stereocenters. The molecule has 0 spiro atoms. The van der Waals surface area contributed by atoms with Gasteiger partial charge in [-0.05, 0) is 77.7 Å². The second kappa shape index (κ2) is 13.0. The van der Waals surface area contributed by atoms with Gasteiger partial charge in [-0.15, -0.1) is 0 Å². The average Bonchev–Trinajstić information content (AvgIpc) is 2.88. The van der Waals surface area contributed by atoms with Crippen LogP contribution in [0.2, 0.25) is 0 Å². The van der Waals surface area contributed by atoms with Crippen LogP contribution in [0.5, 0.6) is 17.2 Å².